The molecule has 0 bridgehead atoms. The van der Waals surface area contributed by atoms with Crippen LogP contribution < -0.4 is 15.4 Å². The molecule has 0 aliphatic heterocycles. The molecule has 140 valence electrons. The molecular formula is C22H25N3O2. The molecule has 1 amide bonds. The Morgan fingerprint density at radius 2 is 1.85 bits per heavy atom. The van der Waals surface area contributed by atoms with Crippen LogP contribution in [0, 0.1) is 18.3 Å². The normalized spacial score (nSPS) is 10.9. The molecule has 0 fully saturated rings. The molecule has 0 atom stereocenters. The number of nitriles is 1. The number of methoxy groups -OCH3 is 1. The zero-order chi connectivity index (χ0) is 19.8. The van der Waals surface area contributed by atoms with Gasteiger partial charge in [0.05, 0.1) is 12.8 Å². The summed E-state index contributed by atoms with van der Waals surface area (Å²) in [6.45, 7) is 6.04. The van der Waals surface area contributed by atoms with Crippen molar-refractivity contribution in [1.82, 2.24) is 0 Å². The molecule has 2 rings (SSSR count). The van der Waals surface area contributed by atoms with E-state index >= 15 is 0 Å². The molecule has 0 unspecified atom stereocenters. The van der Waals surface area contributed by atoms with Crippen molar-refractivity contribution in [1.29, 1.82) is 5.26 Å². The maximum atomic E-state index is 12.6. The Balaban J connectivity index is 2.26. The fraction of sp³-hybridized carbons (Fsp3) is 0.273. The zero-order valence-electron chi connectivity index (χ0n) is 16.2. The van der Waals surface area contributed by atoms with Gasteiger partial charge in [-0.1, -0.05) is 38.1 Å². The smallest absolute Gasteiger partial charge is 0.267 e. The number of aryl methyl sites for hydroxylation is 3. The van der Waals surface area contributed by atoms with Gasteiger partial charge in [0, 0.05) is 11.9 Å². The lowest BCUT2D eigenvalue weighted by molar-refractivity contribution is -0.112. The summed E-state index contributed by atoms with van der Waals surface area (Å²) in [6.07, 6.45) is 3.01. The Morgan fingerprint density at radius 1 is 1.19 bits per heavy atom. The van der Waals surface area contributed by atoms with Crippen LogP contribution in [0.4, 0.5) is 11.4 Å². The minimum atomic E-state index is -0.438. The first kappa shape index (κ1) is 20.1. The topological polar surface area (TPSA) is 74.2 Å². The molecular weight excluding hydrogens is 338 g/mol. The number of benzene rings is 2. The fourth-order valence-corrected chi connectivity index (χ4v) is 2.82. The van der Waals surface area contributed by atoms with E-state index in [2.05, 4.69) is 10.6 Å². The van der Waals surface area contributed by atoms with Gasteiger partial charge in [-0.2, -0.15) is 5.26 Å². The van der Waals surface area contributed by atoms with Gasteiger partial charge < -0.3 is 15.4 Å². The molecule has 2 N–H and O–H groups in total. The number of nitrogens with zero attached hydrogens (tertiary/aromatic N) is 1. The number of amides is 1. The summed E-state index contributed by atoms with van der Waals surface area (Å²) in [6, 6.07) is 13.6. The highest BCUT2D eigenvalue weighted by Crippen LogP contribution is 2.26. The van der Waals surface area contributed by atoms with Gasteiger partial charge in [0.15, 0.2) is 0 Å². The van der Waals surface area contributed by atoms with E-state index in [4.69, 9.17) is 4.74 Å². The molecule has 5 nitrogen and oxygen atoms in total. The molecule has 5 heteroatoms. The predicted octanol–water partition coefficient (Wildman–Crippen LogP) is 4.59. The molecule has 27 heavy (non-hydrogen) atoms. The van der Waals surface area contributed by atoms with E-state index in [1.54, 1.807) is 7.11 Å². The van der Waals surface area contributed by atoms with Crippen molar-refractivity contribution >= 4 is 17.3 Å². The van der Waals surface area contributed by atoms with Crippen LogP contribution in [0.5, 0.6) is 5.75 Å². The van der Waals surface area contributed by atoms with Gasteiger partial charge in [0.2, 0.25) is 0 Å². The minimum absolute atomic E-state index is 0.00785. The number of para-hydroxylation sites is 1. The number of hydrogen-bond acceptors (Lipinski definition) is 4. The summed E-state index contributed by atoms with van der Waals surface area (Å²) in [5.74, 6) is 0.200. The molecule has 0 heterocycles. The highest BCUT2D eigenvalue weighted by atomic mass is 16.5. The Bertz CT molecular complexity index is 873. The third-order valence-corrected chi connectivity index (χ3v) is 4.33. The van der Waals surface area contributed by atoms with E-state index in [9.17, 15) is 10.1 Å². The second-order valence-corrected chi connectivity index (χ2v) is 6.13. The second-order valence-electron chi connectivity index (χ2n) is 6.13. The van der Waals surface area contributed by atoms with Crippen LogP contribution in [0.3, 0.4) is 0 Å². The van der Waals surface area contributed by atoms with Gasteiger partial charge in [-0.25, -0.2) is 0 Å². The van der Waals surface area contributed by atoms with Gasteiger partial charge in [-0.3, -0.25) is 4.79 Å². The van der Waals surface area contributed by atoms with Crippen molar-refractivity contribution in [3.8, 4) is 11.8 Å². The number of carbonyl (C=O) groups is 1. The first-order valence-corrected chi connectivity index (χ1v) is 8.97. The van der Waals surface area contributed by atoms with Gasteiger partial charge >= 0.3 is 0 Å². The van der Waals surface area contributed by atoms with E-state index < -0.39 is 5.91 Å². The van der Waals surface area contributed by atoms with Gasteiger partial charge in [0.1, 0.15) is 17.4 Å². The number of hydrogen-bond donors (Lipinski definition) is 2. The third-order valence-electron chi connectivity index (χ3n) is 4.33. The predicted molar refractivity (Wildman–Crippen MR) is 109 cm³/mol. The lowest BCUT2D eigenvalue weighted by Crippen LogP contribution is -2.17. The highest BCUT2D eigenvalue weighted by molar-refractivity contribution is 6.07. The first-order valence-electron chi connectivity index (χ1n) is 8.97. The van der Waals surface area contributed by atoms with Crippen LogP contribution in [0.15, 0.2) is 48.2 Å². The highest BCUT2D eigenvalue weighted by Gasteiger charge is 2.14. The lowest BCUT2D eigenvalue weighted by Gasteiger charge is -2.14. The maximum Gasteiger partial charge on any atom is 0.267 e. The second kappa shape index (κ2) is 9.44. The van der Waals surface area contributed by atoms with Crippen molar-refractivity contribution in [2.24, 2.45) is 0 Å². The van der Waals surface area contributed by atoms with E-state index in [0.29, 0.717) is 11.4 Å². The zero-order valence-corrected chi connectivity index (χ0v) is 16.2. The molecule has 0 radical (unpaired) electrons. The minimum Gasteiger partial charge on any atom is -0.495 e. The quantitative estimate of drug-likeness (QED) is 0.557. The molecule has 2 aromatic carbocycles. The first-order chi connectivity index (χ1) is 13.0. The summed E-state index contributed by atoms with van der Waals surface area (Å²) in [5, 5.41) is 15.4. The lowest BCUT2D eigenvalue weighted by atomic mass is 10.0. The van der Waals surface area contributed by atoms with Crippen molar-refractivity contribution in [3.63, 3.8) is 0 Å². The van der Waals surface area contributed by atoms with Crippen LogP contribution in [0.1, 0.15) is 30.5 Å². The van der Waals surface area contributed by atoms with E-state index in [1.807, 2.05) is 63.2 Å². The van der Waals surface area contributed by atoms with Crippen molar-refractivity contribution in [3.05, 3.63) is 64.9 Å². The molecule has 0 aromatic heterocycles. The largest absolute Gasteiger partial charge is 0.495 e. The standard InChI is InChI=1S/C22H25N3O2/c1-5-16-8-7-9-17(6-2)21(16)25-22(26)18(13-23)14-24-19-12-15(3)10-11-20(19)27-4/h7-12,14,24H,5-6H2,1-4H3,(H,25,26)/b18-14-. The summed E-state index contributed by atoms with van der Waals surface area (Å²) in [4.78, 5) is 12.6. The number of nitrogens with one attached hydrogen (secondary N) is 2. The molecule has 0 saturated carbocycles. The molecule has 0 aliphatic rings. The Hall–Kier alpha value is -3.26. The number of carbonyl (C=O) groups excluding carboxylic acids is 1. The molecule has 2 aromatic rings. The van der Waals surface area contributed by atoms with Crippen LogP contribution in [-0.2, 0) is 17.6 Å². The van der Waals surface area contributed by atoms with Crippen molar-refractivity contribution in [2.45, 2.75) is 33.6 Å². The summed E-state index contributed by atoms with van der Waals surface area (Å²) >= 11 is 0. The van der Waals surface area contributed by atoms with Crippen LogP contribution >= 0.6 is 0 Å². The van der Waals surface area contributed by atoms with Crippen LogP contribution in [-0.4, -0.2) is 13.0 Å². The van der Waals surface area contributed by atoms with E-state index in [1.165, 1.54) is 6.20 Å². The average Bonchev–Trinajstić information content (AvgIpc) is 2.68. The van der Waals surface area contributed by atoms with Crippen LogP contribution in [0.25, 0.3) is 0 Å². The van der Waals surface area contributed by atoms with Crippen molar-refractivity contribution in [2.75, 3.05) is 17.7 Å². The van der Waals surface area contributed by atoms with E-state index in [-0.39, 0.29) is 5.57 Å². The summed E-state index contributed by atoms with van der Waals surface area (Å²) in [7, 11) is 1.57. The van der Waals surface area contributed by atoms with Crippen LogP contribution in [0.2, 0.25) is 0 Å². The maximum absolute atomic E-state index is 12.6. The Labute approximate surface area is 160 Å². The Morgan fingerprint density at radius 3 is 2.41 bits per heavy atom. The third kappa shape index (κ3) is 4.89. The summed E-state index contributed by atoms with van der Waals surface area (Å²) < 4.78 is 5.31. The van der Waals surface area contributed by atoms with Gasteiger partial charge in [-0.05, 0) is 48.6 Å². The van der Waals surface area contributed by atoms with Crippen molar-refractivity contribution < 1.29 is 9.53 Å². The Kier molecular flexibility index (Phi) is 7.01. The SMILES string of the molecule is CCc1cccc(CC)c1NC(=O)/C(C#N)=C\Nc1cc(C)ccc1OC. The molecule has 0 spiro atoms. The van der Waals surface area contributed by atoms with Gasteiger partial charge in [-0.15, -0.1) is 0 Å². The number of rotatable bonds is 7. The molecule has 0 saturated heterocycles. The average molecular weight is 363 g/mol. The fourth-order valence-electron chi connectivity index (χ4n) is 2.82. The van der Waals surface area contributed by atoms with Gasteiger partial charge in [0.25, 0.3) is 5.91 Å². The summed E-state index contributed by atoms with van der Waals surface area (Å²) in [5.41, 5.74) is 4.62. The monoisotopic (exact) mass is 363 g/mol. The van der Waals surface area contributed by atoms with E-state index in [0.717, 1.165) is 35.2 Å². The number of anilines is 2. The molecule has 0 aliphatic carbocycles. The number of ether oxygens (including phenoxy) is 1.